The lowest BCUT2D eigenvalue weighted by atomic mass is 10.1. The molecule has 0 spiro atoms. The van der Waals surface area contributed by atoms with Crippen molar-refractivity contribution in [3.8, 4) is 11.1 Å². The van der Waals surface area contributed by atoms with Crippen molar-refractivity contribution in [3.05, 3.63) is 54.6 Å². The van der Waals surface area contributed by atoms with Crippen LogP contribution in [0.25, 0.3) is 11.1 Å². The summed E-state index contributed by atoms with van der Waals surface area (Å²) in [6, 6.07) is 17.8. The maximum atomic E-state index is 12.0. The number of nitrogens with one attached hydrogen (secondary N) is 1. The molecule has 1 aliphatic heterocycles. The van der Waals surface area contributed by atoms with Gasteiger partial charge in [0.05, 0.1) is 17.3 Å². The number of anilines is 1. The molecular weight excluding hydrogens is 342 g/mol. The van der Waals surface area contributed by atoms with E-state index >= 15 is 0 Å². The van der Waals surface area contributed by atoms with E-state index in [1.807, 2.05) is 54.6 Å². The molecule has 0 unspecified atom stereocenters. The maximum Gasteiger partial charge on any atom is 0.234 e. The Balaban J connectivity index is 1.51. The molecule has 3 rings (SSSR count). The third-order valence-electron chi connectivity index (χ3n) is 3.92. The summed E-state index contributed by atoms with van der Waals surface area (Å²) in [6.45, 7) is 0. The molecule has 1 aliphatic rings. The lowest BCUT2D eigenvalue weighted by Crippen LogP contribution is -2.17. The molecule has 0 aliphatic carbocycles. The Hall–Kier alpha value is -1.79. The molecule has 1 N–H and O–H groups in total. The highest BCUT2D eigenvalue weighted by atomic mass is 32.2. The Kier molecular flexibility index (Phi) is 5.26. The van der Waals surface area contributed by atoms with E-state index in [1.165, 1.54) is 11.8 Å². The quantitative estimate of drug-likeness (QED) is 0.888. The van der Waals surface area contributed by atoms with Crippen LogP contribution in [0.4, 0.5) is 5.69 Å². The van der Waals surface area contributed by atoms with Crippen LogP contribution in [0.1, 0.15) is 6.42 Å². The zero-order valence-electron chi connectivity index (χ0n) is 13.1. The van der Waals surface area contributed by atoms with Gasteiger partial charge in [0.25, 0.3) is 0 Å². The number of amides is 1. The lowest BCUT2D eigenvalue weighted by Gasteiger charge is -2.09. The molecule has 24 heavy (non-hydrogen) atoms. The predicted octanol–water partition coefficient (Wildman–Crippen LogP) is 3.21. The molecule has 1 fully saturated rings. The van der Waals surface area contributed by atoms with Gasteiger partial charge in [0.15, 0.2) is 9.84 Å². The number of hydrogen-bond acceptors (Lipinski definition) is 4. The summed E-state index contributed by atoms with van der Waals surface area (Å²) in [7, 11) is -2.89. The minimum absolute atomic E-state index is 0.0428. The van der Waals surface area contributed by atoms with Crippen LogP contribution in [0.3, 0.4) is 0 Å². The average molecular weight is 361 g/mol. The highest BCUT2D eigenvalue weighted by molar-refractivity contribution is 8.02. The summed E-state index contributed by atoms with van der Waals surface area (Å²) in [5.74, 6) is 0.613. The van der Waals surface area contributed by atoms with E-state index in [0.29, 0.717) is 6.42 Å². The van der Waals surface area contributed by atoms with Crippen LogP contribution in [0, 0.1) is 0 Å². The van der Waals surface area contributed by atoms with Crippen molar-refractivity contribution >= 4 is 33.2 Å². The van der Waals surface area contributed by atoms with Crippen LogP contribution in [0.5, 0.6) is 0 Å². The number of sulfone groups is 1. The van der Waals surface area contributed by atoms with E-state index in [9.17, 15) is 13.2 Å². The van der Waals surface area contributed by atoms with E-state index in [2.05, 4.69) is 5.32 Å². The van der Waals surface area contributed by atoms with E-state index in [1.54, 1.807) is 0 Å². The number of rotatable bonds is 5. The molecule has 2 aromatic rings. The number of hydrogen-bond donors (Lipinski definition) is 1. The van der Waals surface area contributed by atoms with Crippen LogP contribution >= 0.6 is 11.8 Å². The van der Waals surface area contributed by atoms with Crippen molar-refractivity contribution in [1.29, 1.82) is 0 Å². The molecule has 0 radical (unpaired) electrons. The monoisotopic (exact) mass is 361 g/mol. The zero-order chi connectivity index (χ0) is 17.0. The van der Waals surface area contributed by atoms with E-state index in [4.69, 9.17) is 0 Å². The van der Waals surface area contributed by atoms with Gasteiger partial charge < -0.3 is 5.32 Å². The SMILES string of the molecule is O=C(CS[C@H]1CCS(=O)(=O)C1)Nc1ccc(-c2ccccc2)cc1. The molecule has 126 valence electrons. The molecular formula is C18H19NO3S2. The predicted molar refractivity (Wildman–Crippen MR) is 100 cm³/mol. The minimum atomic E-state index is -2.89. The van der Waals surface area contributed by atoms with Gasteiger partial charge in [-0.1, -0.05) is 42.5 Å². The van der Waals surface area contributed by atoms with Crippen molar-refractivity contribution < 1.29 is 13.2 Å². The van der Waals surface area contributed by atoms with Gasteiger partial charge in [0.2, 0.25) is 5.91 Å². The van der Waals surface area contributed by atoms with Gasteiger partial charge >= 0.3 is 0 Å². The zero-order valence-corrected chi connectivity index (χ0v) is 14.8. The fourth-order valence-electron chi connectivity index (χ4n) is 2.66. The van der Waals surface area contributed by atoms with Gasteiger partial charge in [-0.2, -0.15) is 0 Å². The van der Waals surface area contributed by atoms with Crippen molar-refractivity contribution in [2.24, 2.45) is 0 Å². The van der Waals surface area contributed by atoms with E-state index in [-0.39, 0.29) is 28.4 Å². The van der Waals surface area contributed by atoms with Gasteiger partial charge in [0.1, 0.15) is 0 Å². The van der Waals surface area contributed by atoms with Crippen LogP contribution in [0.15, 0.2) is 54.6 Å². The molecule has 6 heteroatoms. The summed E-state index contributed by atoms with van der Waals surface area (Å²) in [5.41, 5.74) is 2.98. The van der Waals surface area contributed by atoms with Crippen LogP contribution in [0.2, 0.25) is 0 Å². The van der Waals surface area contributed by atoms with Crippen molar-refractivity contribution in [2.45, 2.75) is 11.7 Å². The van der Waals surface area contributed by atoms with E-state index in [0.717, 1.165) is 16.8 Å². The first kappa shape index (κ1) is 17.0. The summed E-state index contributed by atoms with van der Waals surface area (Å²) in [6.07, 6.45) is 0.645. The first-order valence-corrected chi connectivity index (χ1v) is 10.7. The molecule has 1 heterocycles. The normalized spacial score (nSPS) is 19.1. The first-order chi connectivity index (χ1) is 11.5. The summed E-state index contributed by atoms with van der Waals surface area (Å²) >= 11 is 1.42. The van der Waals surface area contributed by atoms with Gasteiger partial charge in [-0.3, -0.25) is 4.79 Å². The van der Waals surface area contributed by atoms with Gasteiger partial charge in [-0.15, -0.1) is 11.8 Å². The Morgan fingerprint density at radius 2 is 1.71 bits per heavy atom. The average Bonchev–Trinajstić information content (AvgIpc) is 2.94. The Morgan fingerprint density at radius 1 is 1.04 bits per heavy atom. The van der Waals surface area contributed by atoms with E-state index < -0.39 is 9.84 Å². The standard InChI is InChI=1S/C18H19NO3S2/c20-18(12-23-17-10-11-24(21,22)13-17)19-16-8-6-15(7-9-16)14-4-2-1-3-5-14/h1-9,17H,10-13H2,(H,19,20)/t17-/m0/s1. The minimum Gasteiger partial charge on any atom is -0.325 e. The molecule has 1 saturated heterocycles. The van der Waals surface area contributed by atoms with Crippen molar-refractivity contribution in [3.63, 3.8) is 0 Å². The molecule has 0 saturated carbocycles. The van der Waals surface area contributed by atoms with Crippen LogP contribution < -0.4 is 5.32 Å². The second-order valence-corrected chi connectivity index (χ2v) is 9.34. The molecule has 4 nitrogen and oxygen atoms in total. The Bertz CT molecular complexity index is 802. The molecule has 2 aromatic carbocycles. The third kappa shape index (κ3) is 4.61. The first-order valence-electron chi connectivity index (χ1n) is 7.79. The Labute approximate surface area is 146 Å². The summed E-state index contributed by atoms with van der Waals surface area (Å²) in [5, 5.41) is 2.90. The second kappa shape index (κ2) is 7.40. The largest absolute Gasteiger partial charge is 0.325 e. The van der Waals surface area contributed by atoms with Gasteiger partial charge in [-0.25, -0.2) is 8.42 Å². The van der Waals surface area contributed by atoms with Crippen molar-refractivity contribution in [2.75, 3.05) is 22.6 Å². The highest BCUT2D eigenvalue weighted by Crippen LogP contribution is 2.25. The summed E-state index contributed by atoms with van der Waals surface area (Å²) < 4.78 is 22.8. The fraction of sp³-hybridized carbons (Fsp3) is 0.278. The molecule has 0 aromatic heterocycles. The maximum absolute atomic E-state index is 12.0. The van der Waals surface area contributed by atoms with Crippen LogP contribution in [-0.4, -0.2) is 36.8 Å². The van der Waals surface area contributed by atoms with Gasteiger partial charge in [0, 0.05) is 10.9 Å². The molecule has 1 atom stereocenters. The molecule has 1 amide bonds. The smallest absolute Gasteiger partial charge is 0.234 e. The second-order valence-electron chi connectivity index (χ2n) is 5.83. The third-order valence-corrected chi connectivity index (χ3v) is 7.20. The lowest BCUT2D eigenvalue weighted by molar-refractivity contribution is -0.113. The number of benzene rings is 2. The van der Waals surface area contributed by atoms with Crippen molar-refractivity contribution in [1.82, 2.24) is 0 Å². The van der Waals surface area contributed by atoms with Crippen LogP contribution in [-0.2, 0) is 14.6 Å². The number of carbonyl (C=O) groups excluding carboxylic acids is 1. The molecule has 0 bridgehead atoms. The fourth-order valence-corrected chi connectivity index (χ4v) is 6.10. The number of thioether (sulfide) groups is 1. The highest BCUT2D eigenvalue weighted by Gasteiger charge is 2.28. The summed E-state index contributed by atoms with van der Waals surface area (Å²) in [4.78, 5) is 12.0. The Morgan fingerprint density at radius 3 is 2.33 bits per heavy atom. The number of carbonyl (C=O) groups is 1. The van der Waals surface area contributed by atoms with Gasteiger partial charge in [-0.05, 0) is 29.7 Å². The topological polar surface area (TPSA) is 63.2 Å².